The van der Waals surface area contributed by atoms with Crippen molar-refractivity contribution in [2.24, 2.45) is 0 Å². The number of esters is 2. The Morgan fingerprint density at radius 1 is 1.08 bits per heavy atom. The fourth-order valence-electron chi connectivity index (χ4n) is 0.630. The molecule has 0 bridgehead atoms. The number of ether oxygens (including phenoxy) is 2. The number of rotatable bonds is 4. The number of halogens is 2. The van der Waals surface area contributed by atoms with Gasteiger partial charge in [-0.1, -0.05) is 31.9 Å². The lowest BCUT2D eigenvalue weighted by Crippen LogP contribution is -2.24. The summed E-state index contributed by atoms with van der Waals surface area (Å²) in [6.07, 6.45) is 0.291. The van der Waals surface area contributed by atoms with Crippen molar-refractivity contribution >= 4 is 43.8 Å². The highest BCUT2D eigenvalue weighted by Gasteiger charge is 2.24. The first-order valence-electron chi connectivity index (χ1n) is 3.46. The van der Waals surface area contributed by atoms with Crippen molar-refractivity contribution < 1.29 is 19.1 Å². The van der Waals surface area contributed by atoms with Crippen LogP contribution in [0.3, 0.4) is 0 Å². The van der Waals surface area contributed by atoms with Gasteiger partial charge in [-0.2, -0.15) is 0 Å². The van der Waals surface area contributed by atoms with Gasteiger partial charge in [-0.3, -0.25) is 9.59 Å². The molecule has 0 amide bonds. The van der Waals surface area contributed by atoms with Crippen LogP contribution in [0, 0.1) is 0 Å². The molecule has 0 aliphatic carbocycles. The third kappa shape index (κ3) is 4.61. The summed E-state index contributed by atoms with van der Waals surface area (Å²) in [5.74, 6) is -0.818. The largest absolute Gasteiger partial charge is 0.468 e. The van der Waals surface area contributed by atoms with Gasteiger partial charge in [0.1, 0.15) is 9.65 Å². The van der Waals surface area contributed by atoms with E-state index in [4.69, 9.17) is 0 Å². The molecule has 4 nitrogen and oxygen atoms in total. The smallest absolute Gasteiger partial charge is 0.319 e. The van der Waals surface area contributed by atoms with E-state index in [2.05, 4.69) is 41.3 Å². The molecule has 0 fully saturated rings. The maximum absolute atomic E-state index is 10.9. The lowest BCUT2D eigenvalue weighted by molar-refractivity contribution is -0.141. The van der Waals surface area contributed by atoms with Gasteiger partial charge in [0.25, 0.3) is 0 Å². The standard InChI is InChI=1S/C7H10Br2O4/c1-12-6(10)4(8)3-5(9)7(11)13-2/h4-5H,3H2,1-2H3/t4-,5+. The Morgan fingerprint density at radius 2 is 1.38 bits per heavy atom. The zero-order chi connectivity index (χ0) is 10.4. The van der Waals surface area contributed by atoms with Crippen molar-refractivity contribution in [1.82, 2.24) is 0 Å². The Kier molecular flexibility index (Phi) is 6.32. The predicted molar refractivity (Wildman–Crippen MR) is 54.1 cm³/mol. The van der Waals surface area contributed by atoms with Gasteiger partial charge >= 0.3 is 11.9 Å². The summed E-state index contributed by atoms with van der Waals surface area (Å²) in [7, 11) is 2.58. The highest BCUT2D eigenvalue weighted by atomic mass is 79.9. The molecule has 76 valence electrons. The van der Waals surface area contributed by atoms with E-state index in [1.165, 1.54) is 14.2 Å². The lowest BCUT2D eigenvalue weighted by atomic mass is 10.2. The summed E-state index contributed by atoms with van der Waals surface area (Å²) in [6.45, 7) is 0. The SMILES string of the molecule is COC(=O)[C@H](Br)C[C@H](Br)C(=O)OC. The second kappa shape index (κ2) is 6.37. The predicted octanol–water partition coefficient (Wildman–Crippen LogP) is 1.25. The van der Waals surface area contributed by atoms with E-state index >= 15 is 0 Å². The van der Waals surface area contributed by atoms with Crippen LogP contribution in [0.4, 0.5) is 0 Å². The van der Waals surface area contributed by atoms with Gasteiger partial charge < -0.3 is 9.47 Å². The zero-order valence-corrected chi connectivity index (χ0v) is 10.4. The van der Waals surface area contributed by atoms with Crippen molar-refractivity contribution in [2.75, 3.05) is 14.2 Å². The summed E-state index contributed by atoms with van der Waals surface area (Å²) >= 11 is 6.18. The summed E-state index contributed by atoms with van der Waals surface area (Å²) in [4.78, 5) is 20.8. The molecular formula is C7H10Br2O4. The van der Waals surface area contributed by atoms with Crippen LogP contribution in [0.2, 0.25) is 0 Å². The van der Waals surface area contributed by atoms with E-state index < -0.39 is 21.6 Å². The first-order chi connectivity index (χ1) is 6.02. The lowest BCUT2D eigenvalue weighted by Gasteiger charge is -2.10. The Bertz CT molecular complexity index is 175. The fourth-order valence-corrected chi connectivity index (χ4v) is 2.25. The second-order valence-electron chi connectivity index (χ2n) is 2.22. The molecule has 0 aromatic rings. The molecule has 13 heavy (non-hydrogen) atoms. The third-order valence-corrected chi connectivity index (χ3v) is 2.82. The minimum atomic E-state index is -0.499. The van der Waals surface area contributed by atoms with Gasteiger partial charge in [0, 0.05) is 0 Å². The summed E-state index contributed by atoms with van der Waals surface area (Å²) in [5, 5.41) is 0. The van der Waals surface area contributed by atoms with Crippen LogP contribution in [-0.4, -0.2) is 35.8 Å². The Hall–Kier alpha value is -0.100. The summed E-state index contributed by atoms with van der Waals surface area (Å²) in [5.41, 5.74) is 0. The van der Waals surface area contributed by atoms with Crippen molar-refractivity contribution in [2.45, 2.75) is 16.1 Å². The van der Waals surface area contributed by atoms with Crippen LogP contribution in [0.25, 0.3) is 0 Å². The Morgan fingerprint density at radius 3 is 1.62 bits per heavy atom. The van der Waals surface area contributed by atoms with Crippen molar-refractivity contribution in [1.29, 1.82) is 0 Å². The molecule has 0 N–H and O–H groups in total. The average Bonchev–Trinajstić information content (AvgIpc) is 2.14. The molecule has 0 spiro atoms. The molecule has 0 saturated heterocycles. The van der Waals surface area contributed by atoms with Crippen LogP contribution in [-0.2, 0) is 19.1 Å². The fraction of sp³-hybridized carbons (Fsp3) is 0.714. The Labute approximate surface area is 93.2 Å². The number of methoxy groups -OCH3 is 2. The van der Waals surface area contributed by atoms with Crippen LogP contribution >= 0.6 is 31.9 Å². The molecule has 0 unspecified atom stereocenters. The van der Waals surface area contributed by atoms with Crippen LogP contribution in [0.1, 0.15) is 6.42 Å². The first kappa shape index (κ1) is 12.9. The van der Waals surface area contributed by atoms with Gasteiger partial charge in [0.15, 0.2) is 0 Å². The molecule has 6 heteroatoms. The molecule has 0 rings (SSSR count). The monoisotopic (exact) mass is 316 g/mol. The molecule has 2 atom stereocenters. The second-order valence-corrected chi connectivity index (χ2v) is 4.43. The highest BCUT2D eigenvalue weighted by Crippen LogP contribution is 2.16. The van der Waals surface area contributed by atoms with E-state index in [1.807, 2.05) is 0 Å². The first-order valence-corrected chi connectivity index (χ1v) is 5.29. The zero-order valence-electron chi connectivity index (χ0n) is 7.25. The highest BCUT2D eigenvalue weighted by molar-refractivity contribution is 9.10. The van der Waals surface area contributed by atoms with Gasteiger partial charge in [-0.15, -0.1) is 0 Å². The maximum Gasteiger partial charge on any atom is 0.319 e. The normalized spacial score (nSPS) is 14.5. The van der Waals surface area contributed by atoms with Gasteiger partial charge in [-0.05, 0) is 6.42 Å². The Balaban J connectivity index is 3.98. The summed E-state index contributed by atoms with van der Waals surface area (Å²) < 4.78 is 8.93. The van der Waals surface area contributed by atoms with E-state index in [0.717, 1.165) is 0 Å². The molecule has 0 radical (unpaired) electrons. The van der Waals surface area contributed by atoms with Crippen molar-refractivity contribution in [3.63, 3.8) is 0 Å². The minimum absolute atomic E-state index is 0.291. The molecule has 0 aliphatic heterocycles. The van der Waals surface area contributed by atoms with E-state index in [-0.39, 0.29) is 0 Å². The van der Waals surface area contributed by atoms with Gasteiger partial charge in [-0.25, -0.2) is 0 Å². The average molecular weight is 318 g/mol. The maximum atomic E-state index is 10.9. The van der Waals surface area contributed by atoms with E-state index in [1.54, 1.807) is 0 Å². The third-order valence-electron chi connectivity index (χ3n) is 1.33. The number of alkyl halides is 2. The van der Waals surface area contributed by atoms with Gasteiger partial charge in [0.05, 0.1) is 14.2 Å². The number of hydrogen-bond donors (Lipinski definition) is 0. The van der Waals surface area contributed by atoms with Crippen LogP contribution in [0.5, 0.6) is 0 Å². The summed E-state index contributed by atoms with van der Waals surface area (Å²) in [6, 6.07) is 0. The topological polar surface area (TPSA) is 52.6 Å². The quantitative estimate of drug-likeness (QED) is 0.578. The molecule has 0 aromatic heterocycles. The number of carbonyl (C=O) groups is 2. The number of carbonyl (C=O) groups excluding carboxylic acids is 2. The van der Waals surface area contributed by atoms with Crippen LogP contribution < -0.4 is 0 Å². The van der Waals surface area contributed by atoms with Crippen molar-refractivity contribution in [3.8, 4) is 0 Å². The molecule has 0 aromatic carbocycles. The van der Waals surface area contributed by atoms with Crippen LogP contribution in [0.15, 0.2) is 0 Å². The molecule has 0 aliphatic rings. The van der Waals surface area contributed by atoms with Gasteiger partial charge in [0.2, 0.25) is 0 Å². The molecule has 0 heterocycles. The number of hydrogen-bond acceptors (Lipinski definition) is 4. The van der Waals surface area contributed by atoms with E-state index in [0.29, 0.717) is 6.42 Å². The van der Waals surface area contributed by atoms with Crippen molar-refractivity contribution in [3.05, 3.63) is 0 Å². The molecule has 0 saturated carbocycles. The van der Waals surface area contributed by atoms with E-state index in [9.17, 15) is 9.59 Å². The minimum Gasteiger partial charge on any atom is -0.468 e. The molecular weight excluding hydrogens is 308 g/mol.